The van der Waals surface area contributed by atoms with Crippen LogP contribution in [-0.2, 0) is 26.2 Å². The fourth-order valence-corrected chi connectivity index (χ4v) is 5.05. The molecule has 3 atom stereocenters. The number of carbonyl (C=O) groups is 3. The van der Waals surface area contributed by atoms with Gasteiger partial charge < -0.3 is 10.6 Å². The lowest BCUT2D eigenvalue weighted by molar-refractivity contribution is -0.140. The lowest BCUT2D eigenvalue weighted by atomic mass is 9.80. The molecule has 35 heavy (non-hydrogen) atoms. The minimum absolute atomic E-state index is 0.0611. The standard InChI is InChI=1S/C28H24N4O3/c1-29-24-17-28(22-14-8-9-15-23(22)31-27(28)35)18-32(24)26(34)21(16-19-10-4-2-5-11-19)25(33)30-20-12-6-3-7-13-20/h2-15,21,24H,16-18H2,(H,30,33)(H,31,35)/t21?,24-,28-/m0/s1. The average Bonchev–Trinajstić information content (AvgIpc) is 3.41. The first-order valence-corrected chi connectivity index (χ1v) is 11.5. The van der Waals surface area contributed by atoms with Gasteiger partial charge in [-0.05, 0) is 35.7 Å². The van der Waals surface area contributed by atoms with Gasteiger partial charge in [0.25, 0.3) is 0 Å². The highest BCUT2D eigenvalue weighted by atomic mass is 16.2. The summed E-state index contributed by atoms with van der Waals surface area (Å²) in [7, 11) is 0. The van der Waals surface area contributed by atoms with Crippen molar-refractivity contribution < 1.29 is 14.4 Å². The van der Waals surface area contributed by atoms with Gasteiger partial charge in [-0.3, -0.25) is 24.1 Å². The third kappa shape index (κ3) is 4.04. The lowest BCUT2D eigenvalue weighted by Crippen LogP contribution is -2.46. The summed E-state index contributed by atoms with van der Waals surface area (Å²) in [5.41, 5.74) is 1.94. The van der Waals surface area contributed by atoms with Crippen molar-refractivity contribution in [1.29, 1.82) is 0 Å². The number of para-hydroxylation sites is 2. The second kappa shape index (κ2) is 9.07. The fraction of sp³-hybridized carbons (Fsp3) is 0.214. The topological polar surface area (TPSA) is 82.9 Å². The summed E-state index contributed by atoms with van der Waals surface area (Å²) in [5, 5.41) is 5.74. The molecule has 7 heteroatoms. The van der Waals surface area contributed by atoms with Gasteiger partial charge in [0.15, 0.2) is 0 Å². The van der Waals surface area contributed by atoms with E-state index < -0.39 is 29.3 Å². The number of benzene rings is 3. The summed E-state index contributed by atoms with van der Waals surface area (Å²) in [6.45, 7) is 7.83. The van der Waals surface area contributed by atoms with E-state index in [4.69, 9.17) is 6.57 Å². The van der Waals surface area contributed by atoms with E-state index in [1.54, 1.807) is 24.3 Å². The van der Waals surface area contributed by atoms with E-state index in [9.17, 15) is 14.4 Å². The predicted molar refractivity (Wildman–Crippen MR) is 132 cm³/mol. The van der Waals surface area contributed by atoms with Gasteiger partial charge in [0.2, 0.25) is 17.7 Å². The van der Waals surface area contributed by atoms with Crippen LogP contribution in [0.4, 0.5) is 11.4 Å². The Morgan fingerprint density at radius 2 is 1.69 bits per heavy atom. The number of nitrogens with zero attached hydrogens (tertiary/aromatic N) is 2. The van der Waals surface area contributed by atoms with Gasteiger partial charge in [-0.1, -0.05) is 66.7 Å². The molecule has 0 bridgehead atoms. The SMILES string of the molecule is [C-]#[N+][C@@H]1C[C@@]2(CN1C(=O)C(Cc1ccccc1)C(=O)Nc1ccccc1)C(=O)Nc1ccccc12. The van der Waals surface area contributed by atoms with Crippen LogP contribution in [0, 0.1) is 12.5 Å². The minimum Gasteiger partial charge on any atom is -0.325 e. The molecule has 1 saturated heterocycles. The van der Waals surface area contributed by atoms with Crippen molar-refractivity contribution in [2.75, 3.05) is 17.2 Å². The average molecular weight is 465 g/mol. The predicted octanol–water partition coefficient (Wildman–Crippen LogP) is 3.85. The second-order valence-electron chi connectivity index (χ2n) is 8.96. The van der Waals surface area contributed by atoms with E-state index >= 15 is 0 Å². The van der Waals surface area contributed by atoms with Crippen molar-refractivity contribution in [2.45, 2.75) is 24.4 Å². The first-order valence-electron chi connectivity index (χ1n) is 11.5. The zero-order valence-electron chi connectivity index (χ0n) is 19.0. The summed E-state index contributed by atoms with van der Waals surface area (Å²) < 4.78 is 0. The number of anilines is 2. The molecule has 3 aromatic carbocycles. The van der Waals surface area contributed by atoms with Crippen LogP contribution in [0.2, 0.25) is 0 Å². The van der Waals surface area contributed by atoms with E-state index in [2.05, 4.69) is 15.5 Å². The molecule has 1 unspecified atom stereocenters. The van der Waals surface area contributed by atoms with Crippen LogP contribution >= 0.6 is 0 Å². The monoisotopic (exact) mass is 464 g/mol. The zero-order valence-corrected chi connectivity index (χ0v) is 19.0. The Kier molecular flexibility index (Phi) is 5.79. The Morgan fingerprint density at radius 1 is 1.03 bits per heavy atom. The zero-order chi connectivity index (χ0) is 24.4. The molecule has 0 aliphatic carbocycles. The normalized spacial score (nSPS) is 21.2. The molecule has 5 rings (SSSR count). The van der Waals surface area contributed by atoms with Crippen LogP contribution in [-0.4, -0.2) is 35.3 Å². The van der Waals surface area contributed by atoms with Gasteiger partial charge in [0.1, 0.15) is 11.3 Å². The maximum Gasteiger partial charge on any atom is 0.302 e. The first kappa shape index (κ1) is 22.4. The molecule has 0 saturated carbocycles. The summed E-state index contributed by atoms with van der Waals surface area (Å²) in [6.07, 6.45) is -0.444. The van der Waals surface area contributed by atoms with Gasteiger partial charge >= 0.3 is 6.17 Å². The molecule has 2 N–H and O–H groups in total. The number of hydrogen-bond acceptors (Lipinski definition) is 3. The molecule has 2 heterocycles. The lowest BCUT2D eigenvalue weighted by Gasteiger charge is -2.25. The molecule has 7 nitrogen and oxygen atoms in total. The number of fused-ring (bicyclic) bond motifs is 2. The Bertz CT molecular complexity index is 1320. The van der Waals surface area contributed by atoms with Gasteiger partial charge in [-0.15, -0.1) is 0 Å². The third-order valence-electron chi connectivity index (χ3n) is 6.83. The maximum absolute atomic E-state index is 13.9. The summed E-state index contributed by atoms with van der Waals surface area (Å²) in [5.74, 6) is -2.14. The van der Waals surface area contributed by atoms with Crippen molar-refractivity contribution in [2.24, 2.45) is 5.92 Å². The minimum atomic E-state index is -1.04. The molecule has 3 aromatic rings. The van der Waals surface area contributed by atoms with E-state index in [0.29, 0.717) is 11.4 Å². The van der Waals surface area contributed by atoms with Crippen molar-refractivity contribution >= 4 is 29.1 Å². The fourth-order valence-electron chi connectivity index (χ4n) is 5.05. The maximum atomic E-state index is 13.9. The van der Waals surface area contributed by atoms with E-state index in [1.165, 1.54) is 4.90 Å². The van der Waals surface area contributed by atoms with Crippen LogP contribution < -0.4 is 10.6 Å². The van der Waals surface area contributed by atoms with Crippen molar-refractivity contribution in [3.05, 3.63) is 107 Å². The van der Waals surface area contributed by atoms with Crippen LogP contribution in [0.5, 0.6) is 0 Å². The van der Waals surface area contributed by atoms with E-state index in [1.807, 2.05) is 60.7 Å². The van der Waals surface area contributed by atoms with Crippen molar-refractivity contribution in [1.82, 2.24) is 4.90 Å². The van der Waals surface area contributed by atoms with Gasteiger partial charge in [-0.2, -0.15) is 0 Å². The summed E-state index contributed by atoms with van der Waals surface area (Å²) in [4.78, 5) is 45.5. The molecular weight excluding hydrogens is 440 g/mol. The summed E-state index contributed by atoms with van der Waals surface area (Å²) >= 11 is 0. The Hall–Kier alpha value is -4.44. The number of nitrogens with one attached hydrogen (secondary N) is 2. The molecule has 2 aliphatic heterocycles. The number of rotatable bonds is 5. The number of amides is 3. The Balaban J connectivity index is 1.47. The van der Waals surface area contributed by atoms with Crippen molar-refractivity contribution in [3.8, 4) is 0 Å². The number of likely N-dealkylation sites (tertiary alicyclic amines) is 1. The van der Waals surface area contributed by atoms with Crippen LogP contribution in [0.15, 0.2) is 84.9 Å². The van der Waals surface area contributed by atoms with E-state index in [0.717, 1.165) is 11.1 Å². The number of carbonyl (C=O) groups excluding carboxylic acids is 3. The van der Waals surface area contributed by atoms with E-state index in [-0.39, 0.29) is 25.3 Å². The molecule has 3 amide bonds. The second-order valence-corrected chi connectivity index (χ2v) is 8.96. The molecule has 1 fully saturated rings. The molecule has 174 valence electrons. The Morgan fingerprint density at radius 3 is 2.40 bits per heavy atom. The van der Waals surface area contributed by atoms with Crippen molar-refractivity contribution in [3.63, 3.8) is 0 Å². The molecule has 0 radical (unpaired) electrons. The smallest absolute Gasteiger partial charge is 0.302 e. The van der Waals surface area contributed by atoms with Crippen LogP contribution in [0.1, 0.15) is 17.5 Å². The number of hydrogen-bond donors (Lipinski definition) is 2. The first-order chi connectivity index (χ1) is 17.0. The van der Waals surface area contributed by atoms with Gasteiger partial charge in [0, 0.05) is 17.9 Å². The third-order valence-corrected chi connectivity index (χ3v) is 6.83. The highest BCUT2D eigenvalue weighted by molar-refractivity contribution is 6.09. The molecule has 0 aromatic heterocycles. The molecular formula is C28H24N4O3. The quantitative estimate of drug-likeness (QED) is 0.445. The summed E-state index contributed by atoms with van der Waals surface area (Å²) in [6, 6.07) is 25.7. The van der Waals surface area contributed by atoms with Gasteiger partial charge in [0.05, 0.1) is 6.42 Å². The van der Waals surface area contributed by atoms with Crippen LogP contribution in [0.3, 0.4) is 0 Å². The molecule has 1 spiro atoms. The highest BCUT2D eigenvalue weighted by Gasteiger charge is 2.59. The highest BCUT2D eigenvalue weighted by Crippen LogP contribution is 2.47. The molecule has 2 aliphatic rings. The van der Waals surface area contributed by atoms with Gasteiger partial charge in [-0.25, -0.2) is 6.57 Å². The van der Waals surface area contributed by atoms with Crippen LogP contribution in [0.25, 0.3) is 4.85 Å². The largest absolute Gasteiger partial charge is 0.325 e. The Labute approximate surface area is 203 Å².